The summed E-state index contributed by atoms with van der Waals surface area (Å²) in [4.78, 5) is 10.9. The number of aliphatic carboxylic acids is 1. The zero-order chi connectivity index (χ0) is 24.9. The van der Waals surface area contributed by atoms with Gasteiger partial charge in [-0.15, -0.1) is 0 Å². The van der Waals surface area contributed by atoms with Gasteiger partial charge in [-0.1, -0.05) is 37.3 Å². The Morgan fingerprint density at radius 3 is 2.54 bits per heavy atom. The van der Waals surface area contributed by atoms with Crippen LogP contribution in [0, 0.1) is 11.3 Å². The van der Waals surface area contributed by atoms with Crippen LogP contribution < -0.4 is 15.6 Å². The monoisotopic (exact) mass is 469 g/mol. The summed E-state index contributed by atoms with van der Waals surface area (Å²) in [5.41, 5.74) is 12.1. The van der Waals surface area contributed by atoms with Gasteiger partial charge < -0.3 is 15.3 Å². The molecule has 3 aromatic carbocycles. The lowest BCUT2D eigenvalue weighted by molar-refractivity contribution is -0.131. The summed E-state index contributed by atoms with van der Waals surface area (Å²) in [5.74, 6) is -0.431. The van der Waals surface area contributed by atoms with Gasteiger partial charge in [0.1, 0.15) is 5.75 Å². The van der Waals surface area contributed by atoms with Crippen molar-refractivity contribution in [2.24, 2.45) is 0 Å². The second-order valence-corrected chi connectivity index (χ2v) is 7.96. The third-order valence-electron chi connectivity index (χ3n) is 5.89. The summed E-state index contributed by atoms with van der Waals surface area (Å²) in [6, 6.07) is 20.7. The Morgan fingerprint density at radius 1 is 1.14 bits per heavy atom. The lowest BCUT2D eigenvalue weighted by Crippen LogP contribution is -2.14. The zero-order valence-corrected chi connectivity index (χ0v) is 19.3. The number of carboxylic acids is 1. The van der Waals surface area contributed by atoms with E-state index < -0.39 is 12.3 Å². The quantitative estimate of drug-likeness (QED) is 0.226. The molecule has 0 spiro atoms. The number of alkyl halides is 1. The van der Waals surface area contributed by atoms with Gasteiger partial charge in [0.15, 0.2) is 6.30 Å². The molecule has 1 unspecified atom stereocenters. The largest absolute Gasteiger partial charge is 0.497 e. The summed E-state index contributed by atoms with van der Waals surface area (Å²) in [5, 5.41) is 18.8. The van der Waals surface area contributed by atoms with Gasteiger partial charge in [0.25, 0.3) is 0 Å². The number of fused-ring (bicyclic) bond motifs is 1. The summed E-state index contributed by atoms with van der Waals surface area (Å²) >= 11 is 0. The van der Waals surface area contributed by atoms with Gasteiger partial charge in [0, 0.05) is 11.6 Å². The first-order valence-electron chi connectivity index (χ1n) is 11.1. The van der Waals surface area contributed by atoms with Gasteiger partial charge in [0.2, 0.25) is 0 Å². The highest BCUT2D eigenvalue weighted by molar-refractivity contribution is 6.00. The maximum Gasteiger partial charge on any atom is 0.328 e. The number of carboxylic acid groups (broad SMARTS) is 1. The van der Waals surface area contributed by atoms with Crippen LogP contribution in [0.2, 0.25) is 0 Å². The normalized spacial score (nSPS) is 15.2. The van der Waals surface area contributed by atoms with Crippen molar-refractivity contribution >= 4 is 28.9 Å². The number of anilines is 1. The number of hydrogen-bond donors (Lipinski definition) is 3. The van der Waals surface area contributed by atoms with Gasteiger partial charge in [-0.25, -0.2) is 14.6 Å². The first-order chi connectivity index (χ1) is 16.9. The molecule has 1 aliphatic rings. The van der Waals surface area contributed by atoms with E-state index in [1.165, 1.54) is 6.08 Å². The van der Waals surface area contributed by atoms with Gasteiger partial charge >= 0.3 is 5.97 Å². The van der Waals surface area contributed by atoms with Crippen LogP contribution in [0.4, 0.5) is 10.1 Å². The molecule has 0 saturated heterocycles. The second kappa shape index (κ2) is 10.2. The van der Waals surface area contributed by atoms with Crippen molar-refractivity contribution in [3.05, 3.63) is 100 Å². The molecule has 0 amide bonds. The van der Waals surface area contributed by atoms with Crippen LogP contribution in [-0.2, 0) is 4.79 Å². The van der Waals surface area contributed by atoms with Gasteiger partial charge in [-0.3, -0.25) is 0 Å². The van der Waals surface area contributed by atoms with E-state index in [2.05, 4.69) is 16.9 Å². The zero-order valence-electron chi connectivity index (χ0n) is 19.3. The molecule has 0 bridgehead atoms. The predicted octanol–water partition coefficient (Wildman–Crippen LogP) is 5.93. The van der Waals surface area contributed by atoms with E-state index in [1.54, 1.807) is 13.2 Å². The number of halogens is 1. The molecule has 0 aromatic heterocycles. The third kappa shape index (κ3) is 4.93. The van der Waals surface area contributed by atoms with E-state index in [-0.39, 0.29) is 0 Å². The van der Waals surface area contributed by atoms with Gasteiger partial charge in [-0.2, -0.15) is 5.26 Å². The molecule has 1 aliphatic heterocycles. The average molecular weight is 470 g/mol. The van der Waals surface area contributed by atoms with Gasteiger partial charge in [0.05, 0.1) is 24.4 Å². The van der Waals surface area contributed by atoms with Crippen LogP contribution in [0.5, 0.6) is 5.75 Å². The highest BCUT2D eigenvalue weighted by Gasteiger charge is 2.23. The molecule has 1 atom stereocenters. The standard InChI is InChI=1S/C28H24FN3O3/c1-3-22(23-11-10-21(35-2)14-20(23)16-30)27(18-7-4-17(5-8-18)6-13-26(33)34)19-9-12-25-24(15-19)28(29)32-31-25/h4-15,28,31-32H,3H2,1-2H3,(H,33,34)/b13-6+,27-22+. The van der Waals surface area contributed by atoms with Crippen LogP contribution in [0.3, 0.4) is 0 Å². The number of ether oxygens (including phenoxy) is 1. The fraction of sp³-hybridized carbons (Fsp3) is 0.143. The first-order valence-corrected chi connectivity index (χ1v) is 11.1. The summed E-state index contributed by atoms with van der Waals surface area (Å²) in [6.45, 7) is 2.01. The smallest absolute Gasteiger partial charge is 0.328 e. The van der Waals surface area contributed by atoms with Crippen molar-refractivity contribution in [3.8, 4) is 11.8 Å². The van der Waals surface area contributed by atoms with Gasteiger partial charge in [-0.05, 0) is 76.2 Å². The second-order valence-electron chi connectivity index (χ2n) is 7.96. The van der Waals surface area contributed by atoms with Crippen LogP contribution >= 0.6 is 0 Å². The minimum atomic E-state index is -1.34. The highest BCUT2D eigenvalue weighted by Crippen LogP contribution is 2.39. The number of nitrogens with zero attached hydrogens (tertiary/aromatic N) is 1. The number of nitrogens with one attached hydrogen (secondary N) is 2. The molecule has 3 N–H and O–H groups in total. The number of hydrazine groups is 1. The van der Waals surface area contributed by atoms with E-state index in [4.69, 9.17) is 9.84 Å². The molecule has 7 heteroatoms. The topological polar surface area (TPSA) is 94.4 Å². The molecule has 3 aromatic rings. The van der Waals surface area contributed by atoms with Crippen molar-refractivity contribution in [3.63, 3.8) is 0 Å². The fourth-order valence-electron chi connectivity index (χ4n) is 4.21. The predicted molar refractivity (Wildman–Crippen MR) is 134 cm³/mol. The molecule has 6 nitrogen and oxygen atoms in total. The number of rotatable bonds is 7. The van der Waals surface area contributed by atoms with Crippen LogP contribution in [-0.4, -0.2) is 18.2 Å². The van der Waals surface area contributed by atoms with E-state index in [1.807, 2.05) is 61.5 Å². The maximum absolute atomic E-state index is 14.5. The van der Waals surface area contributed by atoms with Crippen molar-refractivity contribution in [1.29, 1.82) is 5.26 Å². The van der Waals surface area contributed by atoms with E-state index in [0.717, 1.165) is 39.5 Å². The lowest BCUT2D eigenvalue weighted by Gasteiger charge is -2.18. The molecule has 176 valence electrons. The number of hydrogen-bond acceptors (Lipinski definition) is 5. The Kier molecular flexibility index (Phi) is 6.95. The van der Waals surface area contributed by atoms with Crippen molar-refractivity contribution in [1.82, 2.24) is 5.43 Å². The number of nitriles is 1. The Balaban J connectivity index is 1.94. The molecule has 0 saturated carbocycles. The average Bonchev–Trinajstić information content (AvgIpc) is 3.26. The number of allylic oxidation sites excluding steroid dienone is 1. The summed E-state index contributed by atoms with van der Waals surface area (Å²) < 4.78 is 19.8. The Labute approximate surface area is 203 Å². The number of methoxy groups -OCH3 is 1. The fourth-order valence-corrected chi connectivity index (χ4v) is 4.21. The molecule has 4 rings (SSSR count). The molecular weight excluding hydrogens is 445 g/mol. The number of benzene rings is 3. The van der Waals surface area contributed by atoms with Crippen LogP contribution in [0.25, 0.3) is 17.2 Å². The summed E-state index contributed by atoms with van der Waals surface area (Å²) in [7, 11) is 1.55. The molecule has 35 heavy (non-hydrogen) atoms. The Hall–Kier alpha value is -4.41. The van der Waals surface area contributed by atoms with E-state index >= 15 is 0 Å². The number of carbonyl (C=O) groups is 1. The van der Waals surface area contributed by atoms with Crippen LogP contribution in [0.1, 0.15) is 53.0 Å². The Morgan fingerprint density at radius 2 is 1.89 bits per heavy atom. The van der Waals surface area contributed by atoms with E-state index in [0.29, 0.717) is 29.0 Å². The van der Waals surface area contributed by atoms with E-state index in [9.17, 15) is 14.4 Å². The maximum atomic E-state index is 14.5. The minimum Gasteiger partial charge on any atom is -0.497 e. The van der Waals surface area contributed by atoms with Crippen molar-refractivity contribution < 1.29 is 19.0 Å². The molecular formula is C28H24FN3O3. The minimum absolute atomic E-state index is 0.479. The van der Waals surface area contributed by atoms with Crippen molar-refractivity contribution in [2.75, 3.05) is 12.5 Å². The third-order valence-corrected chi connectivity index (χ3v) is 5.89. The Bertz CT molecular complexity index is 1370. The molecule has 0 aliphatic carbocycles. The first kappa shape index (κ1) is 23.7. The lowest BCUT2D eigenvalue weighted by atomic mass is 9.85. The molecule has 1 heterocycles. The summed E-state index contributed by atoms with van der Waals surface area (Å²) in [6.07, 6.45) is 1.88. The highest BCUT2D eigenvalue weighted by atomic mass is 19.1. The van der Waals surface area contributed by atoms with Crippen molar-refractivity contribution in [2.45, 2.75) is 19.6 Å². The molecule has 0 radical (unpaired) electrons. The van der Waals surface area contributed by atoms with Crippen LogP contribution in [0.15, 0.2) is 66.7 Å². The molecule has 0 fully saturated rings. The SMILES string of the molecule is CC/C(=C(/c1ccc(/C=C/C(=O)O)cc1)c1ccc2c(c1)C(F)NN2)c1ccc(OC)cc1C#N.